The van der Waals surface area contributed by atoms with Crippen LogP contribution in [0.25, 0.3) is 0 Å². The maximum absolute atomic E-state index is 12.5. The number of nitrogens with one attached hydrogen (secondary N) is 1. The zero-order chi connectivity index (χ0) is 20.0. The van der Waals surface area contributed by atoms with E-state index in [0.29, 0.717) is 5.75 Å². The van der Waals surface area contributed by atoms with Crippen molar-refractivity contribution in [3.8, 4) is 5.75 Å². The Morgan fingerprint density at radius 2 is 1.74 bits per heavy atom. The van der Waals surface area contributed by atoms with E-state index in [1.54, 1.807) is 17.0 Å². The molecular formula is C20H26N2O4S. The molecule has 0 spiro atoms. The van der Waals surface area contributed by atoms with Crippen LogP contribution in [-0.4, -0.2) is 33.5 Å². The number of carbonyl (C=O) groups is 1. The zero-order valence-corrected chi connectivity index (χ0v) is 16.9. The molecule has 0 aliphatic heterocycles. The summed E-state index contributed by atoms with van der Waals surface area (Å²) in [5.74, 6) is 0.477. The van der Waals surface area contributed by atoms with Gasteiger partial charge in [-0.3, -0.25) is 4.79 Å². The lowest BCUT2D eigenvalue weighted by Crippen LogP contribution is -2.37. The maximum Gasteiger partial charge on any atom is 0.240 e. The number of anilines is 1. The molecule has 0 saturated heterocycles. The molecule has 0 aliphatic rings. The smallest absolute Gasteiger partial charge is 0.240 e. The Balaban J connectivity index is 2.03. The normalized spacial score (nSPS) is 11.4. The summed E-state index contributed by atoms with van der Waals surface area (Å²) >= 11 is 0. The van der Waals surface area contributed by atoms with Gasteiger partial charge in [0.25, 0.3) is 0 Å². The van der Waals surface area contributed by atoms with E-state index in [0.717, 1.165) is 11.3 Å². The molecule has 1 N–H and O–H groups in total. The quantitative estimate of drug-likeness (QED) is 0.751. The molecule has 2 aromatic carbocycles. The minimum atomic E-state index is -3.66. The topological polar surface area (TPSA) is 75.7 Å². The molecule has 7 heteroatoms. The van der Waals surface area contributed by atoms with Crippen LogP contribution in [0.3, 0.4) is 0 Å². The van der Waals surface area contributed by atoms with E-state index in [-0.39, 0.29) is 30.0 Å². The summed E-state index contributed by atoms with van der Waals surface area (Å²) < 4.78 is 33.0. The fourth-order valence-corrected chi connectivity index (χ4v) is 3.68. The number of amides is 1. The molecule has 0 aromatic heterocycles. The van der Waals surface area contributed by atoms with Crippen molar-refractivity contribution in [1.29, 1.82) is 0 Å². The highest BCUT2D eigenvalue weighted by Crippen LogP contribution is 2.20. The van der Waals surface area contributed by atoms with Gasteiger partial charge in [0.2, 0.25) is 15.9 Å². The van der Waals surface area contributed by atoms with Crippen LogP contribution in [0.5, 0.6) is 5.75 Å². The highest BCUT2D eigenvalue weighted by molar-refractivity contribution is 7.89. The summed E-state index contributed by atoms with van der Waals surface area (Å²) in [4.78, 5) is 13.7. The summed E-state index contributed by atoms with van der Waals surface area (Å²) in [5, 5.41) is 0. The van der Waals surface area contributed by atoms with Crippen molar-refractivity contribution in [2.45, 2.75) is 38.7 Å². The number of nitrogens with zero attached hydrogens (tertiary/aromatic N) is 1. The summed E-state index contributed by atoms with van der Waals surface area (Å²) in [5.41, 5.74) is 1.73. The number of rotatable bonds is 8. The van der Waals surface area contributed by atoms with Crippen molar-refractivity contribution in [1.82, 2.24) is 4.72 Å². The fraction of sp³-hybridized carbons (Fsp3) is 0.350. The lowest BCUT2D eigenvalue weighted by Gasteiger charge is -2.23. The fourth-order valence-electron chi connectivity index (χ4n) is 2.66. The van der Waals surface area contributed by atoms with E-state index < -0.39 is 10.0 Å². The minimum absolute atomic E-state index is 0.0181. The van der Waals surface area contributed by atoms with Gasteiger partial charge in [-0.05, 0) is 56.7 Å². The first kappa shape index (κ1) is 20.9. The number of ether oxygens (including phenoxy) is 1. The van der Waals surface area contributed by atoms with E-state index in [9.17, 15) is 13.2 Å². The Hall–Kier alpha value is -2.38. The number of sulfonamides is 1. The Labute approximate surface area is 161 Å². The molecule has 0 unspecified atom stereocenters. The Morgan fingerprint density at radius 3 is 2.30 bits per heavy atom. The number of para-hydroxylation sites is 1. The number of hydrogen-bond acceptors (Lipinski definition) is 4. The molecule has 0 fully saturated rings. The van der Waals surface area contributed by atoms with Crippen molar-refractivity contribution in [3.05, 3.63) is 54.1 Å². The van der Waals surface area contributed by atoms with Crippen molar-refractivity contribution in [2.75, 3.05) is 18.0 Å². The van der Waals surface area contributed by atoms with Gasteiger partial charge in [0, 0.05) is 25.7 Å². The summed E-state index contributed by atoms with van der Waals surface area (Å²) in [6, 6.07) is 13.8. The lowest BCUT2D eigenvalue weighted by molar-refractivity contribution is -0.116. The van der Waals surface area contributed by atoms with Gasteiger partial charge in [-0.25, -0.2) is 13.1 Å². The molecule has 1 amide bonds. The number of carbonyl (C=O) groups excluding carboxylic acids is 1. The third kappa shape index (κ3) is 5.80. The van der Waals surface area contributed by atoms with Crippen molar-refractivity contribution >= 4 is 21.6 Å². The van der Waals surface area contributed by atoms with Crippen LogP contribution in [0, 0.1) is 6.92 Å². The lowest BCUT2D eigenvalue weighted by atomic mass is 10.2. The summed E-state index contributed by atoms with van der Waals surface area (Å²) in [6.07, 6.45) is 0.0181. The van der Waals surface area contributed by atoms with Crippen molar-refractivity contribution < 1.29 is 17.9 Å². The largest absolute Gasteiger partial charge is 0.491 e. The summed E-state index contributed by atoms with van der Waals surface area (Å²) in [6.45, 7) is 7.54. The van der Waals surface area contributed by atoms with Crippen molar-refractivity contribution in [2.24, 2.45) is 0 Å². The number of benzene rings is 2. The van der Waals surface area contributed by atoms with E-state index in [1.165, 1.54) is 19.1 Å². The van der Waals surface area contributed by atoms with Gasteiger partial charge in [-0.2, -0.15) is 0 Å². The Morgan fingerprint density at radius 1 is 1.11 bits per heavy atom. The molecule has 0 bridgehead atoms. The van der Waals surface area contributed by atoms with E-state index in [4.69, 9.17) is 4.74 Å². The standard InChI is InChI=1S/C20H26N2O4S/c1-15(2)26-18-9-11-19(12-10-18)27(24,25)21-13-14-22(17(4)23)20-8-6-5-7-16(20)3/h5-12,15,21H,13-14H2,1-4H3. The average molecular weight is 391 g/mol. The van der Waals surface area contributed by atoms with Gasteiger partial charge in [0.15, 0.2) is 0 Å². The molecule has 2 aromatic rings. The van der Waals surface area contributed by atoms with Gasteiger partial charge in [0.05, 0.1) is 11.0 Å². The molecule has 0 aliphatic carbocycles. The predicted octanol–water partition coefficient (Wildman–Crippen LogP) is 3.11. The first-order chi connectivity index (χ1) is 12.7. The van der Waals surface area contributed by atoms with Crippen LogP contribution in [0.15, 0.2) is 53.4 Å². The van der Waals surface area contributed by atoms with Gasteiger partial charge in [0.1, 0.15) is 5.75 Å². The highest BCUT2D eigenvalue weighted by atomic mass is 32.2. The third-order valence-electron chi connectivity index (χ3n) is 3.92. The molecule has 0 saturated carbocycles. The predicted molar refractivity (Wildman–Crippen MR) is 107 cm³/mol. The van der Waals surface area contributed by atoms with Crippen molar-refractivity contribution in [3.63, 3.8) is 0 Å². The third-order valence-corrected chi connectivity index (χ3v) is 5.40. The number of hydrogen-bond donors (Lipinski definition) is 1. The monoisotopic (exact) mass is 390 g/mol. The van der Waals surface area contributed by atoms with Gasteiger partial charge >= 0.3 is 0 Å². The van der Waals surface area contributed by atoms with Crippen LogP contribution >= 0.6 is 0 Å². The molecule has 0 atom stereocenters. The molecule has 0 radical (unpaired) electrons. The van der Waals surface area contributed by atoms with Gasteiger partial charge in [-0.15, -0.1) is 0 Å². The van der Waals surface area contributed by atoms with Crippen LogP contribution in [0.2, 0.25) is 0 Å². The van der Waals surface area contributed by atoms with Crippen LogP contribution in [0.4, 0.5) is 5.69 Å². The second-order valence-corrected chi connectivity index (χ2v) is 8.26. The van der Waals surface area contributed by atoms with E-state index >= 15 is 0 Å². The second-order valence-electron chi connectivity index (χ2n) is 6.49. The number of aryl methyl sites for hydroxylation is 1. The van der Waals surface area contributed by atoms with E-state index in [2.05, 4.69) is 4.72 Å². The molecule has 27 heavy (non-hydrogen) atoms. The minimum Gasteiger partial charge on any atom is -0.491 e. The van der Waals surface area contributed by atoms with Crippen LogP contribution in [0.1, 0.15) is 26.3 Å². The van der Waals surface area contributed by atoms with Crippen LogP contribution < -0.4 is 14.4 Å². The SMILES string of the molecule is CC(=O)N(CCNS(=O)(=O)c1ccc(OC(C)C)cc1)c1ccccc1C. The first-order valence-corrected chi connectivity index (χ1v) is 10.3. The molecule has 146 valence electrons. The molecule has 6 nitrogen and oxygen atoms in total. The first-order valence-electron chi connectivity index (χ1n) is 8.81. The van der Waals surface area contributed by atoms with Gasteiger partial charge < -0.3 is 9.64 Å². The molecular weight excluding hydrogens is 364 g/mol. The average Bonchev–Trinajstić information content (AvgIpc) is 2.59. The van der Waals surface area contributed by atoms with Crippen LogP contribution in [-0.2, 0) is 14.8 Å². The van der Waals surface area contributed by atoms with E-state index in [1.807, 2.05) is 45.0 Å². The zero-order valence-electron chi connectivity index (χ0n) is 16.1. The maximum atomic E-state index is 12.5. The molecule has 0 heterocycles. The highest BCUT2D eigenvalue weighted by Gasteiger charge is 2.17. The Kier molecular flexibility index (Phi) is 6.98. The molecule has 2 rings (SSSR count). The Bertz CT molecular complexity index is 877. The second kappa shape index (κ2) is 9.01. The summed E-state index contributed by atoms with van der Waals surface area (Å²) in [7, 11) is -3.66. The van der Waals surface area contributed by atoms with Gasteiger partial charge in [-0.1, -0.05) is 18.2 Å².